The molecule has 6 rings (SSSR count). The lowest BCUT2D eigenvalue weighted by molar-refractivity contribution is -0.134. The second kappa shape index (κ2) is 14.6. The molecular weight excluding hydrogens is 756 g/mol. The van der Waals surface area contributed by atoms with Crippen molar-refractivity contribution in [2.24, 2.45) is 0 Å². The van der Waals surface area contributed by atoms with Gasteiger partial charge in [0.25, 0.3) is 5.97 Å². The molecule has 1 aliphatic heterocycles. The predicted octanol–water partition coefficient (Wildman–Crippen LogP) is 8.95. The molecule has 0 spiro atoms. The zero-order chi connectivity index (χ0) is 31.2. The van der Waals surface area contributed by atoms with Crippen molar-refractivity contribution >= 4 is 64.7 Å². The summed E-state index contributed by atoms with van der Waals surface area (Å²) in [5.74, 6) is 1.58. The number of aliphatic carboxylic acids is 1. The zero-order valence-corrected chi connectivity index (χ0v) is 28.9. The molecule has 44 heavy (non-hydrogen) atoms. The fourth-order valence-corrected chi connectivity index (χ4v) is 7.72. The summed E-state index contributed by atoms with van der Waals surface area (Å²) in [6.07, 6.45) is 0.950. The molecule has 7 nitrogen and oxygen atoms in total. The summed E-state index contributed by atoms with van der Waals surface area (Å²) >= 11 is 10.7. The maximum atomic E-state index is 9.00. The molecule has 0 saturated heterocycles. The number of benzene rings is 4. The molecule has 10 heteroatoms. The van der Waals surface area contributed by atoms with Gasteiger partial charge in [0, 0.05) is 40.1 Å². The highest BCUT2D eigenvalue weighted by Gasteiger charge is 2.26. The first-order valence-corrected chi connectivity index (χ1v) is 16.3. The van der Waals surface area contributed by atoms with E-state index in [0.29, 0.717) is 13.2 Å². The predicted molar refractivity (Wildman–Crippen MR) is 183 cm³/mol. The Morgan fingerprint density at radius 2 is 1.66 bits per heavy atom. The topological polar surface area (TPSA) is 92.8 Å². The zero-order valence-electron chi connectivity index (χ0n) is 24.1. The molecule has 228 valence electrons. The average molecular weight is 787 g/mol. The van der Waals surface area contributed by atoms with E-state index in [1.54, 1.807) is 7.11 Å². The van der Waals surface area contributed by atoms with Crippen molar-refractivity contribution in [2.45, 2.75) is 32.6 Å². The third kappa shape index (κ3) is 7.66. The van der Waals surface area contributed by atoms with Crippen LogP contribution >= 0.6 is 47.8 Å². The number of fused-ring (bicyclic) bond motifs is 3. The molecule has 3 N–H and O–H groups in total. The van der Waals surface area contributed by atoms with Crippen molar-refractivity contribution in [2.75, 3.05) is 13.7 Å². The highest BCUT2D eigenvalue weighted by atomic mass is 79.9. The molecule has 1 aromatic heterocycles. The summed E-state index contributed by atoms with van der Waals surface area (Å²) in [6, 6.07) is 26.9. The van der Waals surface area contributed by atoms with E-state index in [-0.39, 0.29) is 6.04 Å². The van der Waals surface area contributed by atoms with Crippen molar-refractivity contribution < 1.29 is 24.1 Å². The number of rotatable bonds is 8. The standard InChI is InChI=1S/C32H27Br3N2O3.C2H4O2/c1-38-29-10-7-20(13-21(29)18-40-32-26(34)14-22(33)15-27(32)35)30-31-24(11-12-36-30)25-16-23(8-9-28(25)37-31)39-17-19-5-3-2-4-6-19;1-2(3)4/h2-10,13-16,30,36-37H,11-12,17-18H2,1H3;1H3,(H,3,4). The van der Waals surface area contributed by atoms with Gasteiger partial charge in [-0.15, -0.1) is 0 Å². The summed E-state index contributed by atoms with van der Waals surface area (Å²) in [6.45, 7) is 2.88. The molecule has 0 amide bonds. The minimum absolute atomic E-state index is 0.0284. The van der Waals surface area contributed by atoms with Gasteiger partial charge in [-0.1, -0.05) is 52.3 Å². The van der Waals surface area contributed by atoms with Gasteiger partial charge in [-0.2, -0.15) is 0 Å². The summed E-state index contributed by atoms with van der Waals surface area (Å²) in [5, 5.41) is 12.3. The molecule has 5 aromatic rings. The molecule has 2 heterocycles. The fraction of sp³-hybridized carbons (Fsp3) is 0.206. The normalized spacial score (nSPS) is 13.9. The number of hydrogen-bond donors (Lipinski definition) is 3. The number of carboxylic acid groups (broad SMARTS) is 1. The van der Waals surface area contributed by atoms with Gasteiger partial charge in [0.1, 0.15) is 30.5 Å². The van der Waals surface area contributed by atoms with Crippen LogP contribution in [0.1, 0.15) is 40.9 Å². The van der Waals surface area contributed by atoms with Crippen LogP contribution in [0.25, 0.3) is 10.9 Å². The third-order valence-corrected chi connectivity index (χ3v) is 8.78. The van der Waals surface area contributed by atoms with Crippen LogP contribution in [0.4, 0.5) is 0 Å². The van der Waals surface area contributed by atoms with E-state index in [2.05, 4.69) is 94.5 Å². The summed E-state index contributed by atoms with van der Waals surface area (Å²) in [4.78, 5) is 12.7. The highest BCUT2D eigenvalue weighted by Crippen LogP contribution is 2.39. The van der Waals surface area contributed by atoms with Crippen molar-refractivity contribution in [1.82, 2.24) is 10.3 Å². The summed E-state index contributed by atoms with van der Waals surface area (Å²) < 4.78 is 20.8. The largest absolute Gasteiger partial charge is 0.496 e. The Hall–Kier alpha value is -3.31. The Morgan fingerprint density at radius 3 is 2.36 bits per heavy atom. The minimum Gasteiger partial charge on any atom is -0.496 e. The Balaban J connectivity index is 0.000000906. The van der Waals surface area contributed by atoms with E-state index < -0.39 is 5.97 Å². The second-order valence-corrected chi connectivity index (χ2v) is 12.8. The van der Waals surface area contributed by atoms with Gasteiger partial charge in [0.15, 0.2) is 0 Å². The summed E-state index contributed by atoms with van der Waals surface area (Å²) in [5.41, 5.74) is 6.93. The van der Waals surface area contributed by atoms with Crippen LogP contribution in [0.5, 0.6) is 17.2 Å². The van der Waals surface area contributed by atoms with Crippen LogP contribution in [0.15, 0.2) is 92.3 Å². The van der Waals surface area contributed by atoms with Crippen LogP contribution in [0.2, 0.25) is 0 Å². The third-order valence-electron chi connectivity index (χ3n) is 7.14. The number of H-pyrrole nitrogens is 1. The van der Waals surface area contributed by atoms with Crippen LogP contribution in [-0.4, -0.2) is 29.7 Å². The van der Waals surface area contributed by atoms with E-state index >= 15 is 0 Å². The Kier molecular flexibility index (Phi) is 10.7. The lowest BCUT2D eigenvalue weighted by Gasteiger charge is -2.26. The molecular formula is C34H31Br3N2O5. The average Bonchev–Trinajstić information content (AvgIpc) is 3.38. The minimum atomic E-state index is -0.833. The molecule has 0 radical (unpaired) electrons. The molecule has 1 unspecified atom stereocenters. The molecule has 0 fully saturated rings. The molecule has 0 aliphatic carbocycles. The van der Waals surface area contributed by atoms with E-state index in [9.17, 15) is 0 Å². The van der Waals surface area contributed by atoms with E-state index in [1.165, 1.54) is 16.6 Å². The maximum Gasteiger partial charge on any atom is 0.300 e. The van der Waals surface area contributed by atoms with Gasteiger partial charge in [-0.25, -0.2) is 0 Å². The van der Waals surface area contributed by atoms with Gasteiger partial charge in [0.05, 0.1) is 22.1 Å². The SMILES string of the molecule is CC(=O)O.COc1ccc(C2NCCc3c2[nH]c2ccc(OCc4ccccc4)cc32)cc1COc1c(Br)cc(Br)cc1Br. The quantitative estimate of drug-likeness (QED) is 0.146. The summed E-state index contributed by atoms with van der Waals surface area (Å²) in [7, 11) is 1.69. The van der Waals surface area contributed by atoms with Gasteiger partial charge in [-0.3, -0.25) is 4.79 Å². The number of hydrogen-bond acceptors (Lipinski definition) is 5. The monoisotopic (exact) mass is 784 g/mol. The molecule has 0 saturated carbocycles. The second-order valence-electron chi connectivity index (χ2n) is 10.2. The number of nitrogens with one attached hydrogen (secondary N) is 2. The van der Waals surface area contributed by atoms with Crippen molar-refractivity contribution in [1.29, 1.82) is 0 Å². The van der Waals surface area contributed by atoms with Gasteiger partial charge in [-0.05, 0) is 97.4 Å². The Labute approximate surface area is 281 Å². The maximum absolute atomic E-state index is 9.00. The first kappa shape index (κ1) is 32.1. The number of aromatic nitrogens is 1. The van der Waals surface area contributed by atoms with Crippen LogP contribution < -0.4 is 19.5 Å². The molecule has 1 atom stereocenters. The van der Waals surface area contributed by atoms with Crippen LogP contribution in [0, 0.1) is 0 Å². The lowest BCUT2D eigenvalue weighted by atomic mass is 9.93. The van der Waals surface area contributed by atoms with E-state index in [1.807, 2.05) is 42.5 Å². The van der Waals surface area contributed by atoms with Crippen LogP contribution in [0.3, 0.4) is 0 Å². The Bertz CT molecular complexity index is 1750. The molecule has 0 bridgehead atoms. The van der Waals surface area contributed by atoms with E-state index in [0.717, 1.165) is 72.8 Å². The van der Waals surface area contributed by atoms with Crippen molar-refractivity contribution in [3.63, 3.8) is 0 Å². The first-order chi connectivity index (χ1) is 21.2. The van der Waals surface area contributed by atoms with Gasteiger partial charge in [0.2, 0.25) is 0 Å². The number of halogens is 3. The smallest absolute Gasteiger partial charge is 0.300 e. The number of ether oxygens (including phenoxy) is 3. The van der Waals surface area contributed by atoms with E-state index in [4.69, 9.17) is 24.1 Å². The molecule has 4 aromatic carbocycles. The molecule has 1 aliphatic rings. The van der Waals surface area contributed by atoms with Crippen LogP contribution in [-0.2, 0) is 24.4 Å². The number of carbonyl (C=O) groups is 1. The van der Waals surface area contributed by atoms with Gasteiger partial charge < -0.3 is 29.6 Å². The fourth-order valence-electron chi connectivity index (χ4n) is 5.23. The first-order valence-electron chi connectivity index (χ1n) is 13.9. The highest BCUT2D eigenvalue weighted by molar-refractivity contribution is 9.11. The number of aromatic amines is 1. The number of carboxylic acids is 1. The van der Waals surface area contributed by atoms with Crippen molar-refractivity contribution in [3.05, 3.63) is 120 Å². The van der Waals surface area contributed by atoms with Crippen molar-refractivity contribution in [3.8, 4) is 17.2 Å². The van der Waals surface area contributed by atoms with Gasteiger partial charge >= 0.3 is 0 Å². The number of methoxy groups -OCH3 is 1. The lowest BCUT2D eigenvalue weighted by Crippen LogP contribution is -2.30. The Morgan fingerprint density at radius 1 is 0.932 bits per heavy atom.